The number of hydrogen-bond donors (Lipinski definition) is 3. The lowest BCUT2D eigenvalue weighted by molar-refractivity contribution is -0.141. The van der Waals surface area contributed by atoms with Crippen molar-refractivity contribution in [2.75, 3.05) is 6.54 Å². The monoisotopic (exact) mass is 270 g/mol. The zero-order chi connectivity index (χ0) is 14.0. The molecule has 1 aliphatic carbocycles. The van der Waals surface area contributed by atoms with Crippen LogP contribution < -0.4 is 5.32 Å². The normalized spacial score (nSPS) is 30.1. The number of carboxylic acid groups (broad SMARTS) is 1. The first-order chi connectivity index (χ1) is 8.91. The van der Waals surface area contributed by atoms with E-state index in [1.165, 1.54) is 11.3 Å². The largest absolute Gasteiger partial charge is 0.480 e. The molecule has 19 heavy (non-hydrogen) atoms. The first-order valence-electron chi connectivity index (χ1n) is 6.91. The molecule has 1 saturated heterocycles. The van der Waals surface area contributed by atoms with E-state index in [2.05, 4.69) is 5.32 Å². The summed E-state index contributed by atoms with van der Waals surface area (Å²) in [7, 11) is 0. The highest BCUT2D eigenvalue weighted by molar-refractivity contribution is 5.83. The summed E-state index contributed by atoms with van der Waals surface area (Å²) in [4.78, 5) is 24.6. The van der Waals surface area contributed by atoms with Crippen molar-refractivity contribution in [1.82, 2.24) is 10.2 Å². The van der Waals surface area contributed by atoms with Gasteiger partial charge in [-0.1, -0.05) is 19.3 Å². The van der Waals surface area contributed by atoms with E-state index in [1.54, 1.807) is 0 Å². The van der Waals surface area contributed by atoms with Gasteiger partial charge in [0.25, 0.3) is 0 Å². The number of nitrogens with one attached hydrogen (secondary N) is 1. The Morgan fingerprint density at radius 3 is 2.47 bits per heavy atom. The molecule has 6 heteroatoms. The van der Waals surface area contributed by atoms with Gasteiger partial charge in [-0.3, -0.25) is 0 Å². The Kier molecular flexibility index (Phi) is 3.99. The molecule has 0 aromatic carbocycles. The van der Waals surface area contributed by atoms with Gasteiger partial charge in [-0.25, -0.2) is 9.59 Å². The van der Waals surface area contributed by atoms with E-state index in [0.29, 0.717) is 0 Å². The van der Waals surface area contributed by atoms with Gasteiger partial charge < -0.3 is 20.4 Å². The van der Waals surface area contributed by atoms with E-state index in [4.69, 9.17) is 5.11 Å². The van der Waals surface area contributed by atoms with E-state index >= 15 is 0 Å². The van der Waals surface area contributed by atoms with Crippen LogP contribution in [0.2, 0.25) is 0 Å². The third kappa shape index (κ3) is 3.18. The van der Waals surface area contributed by atoms with E-state index in [0.717, 1.165) is 25.7 Å². The summed E-state index contributed by atoms with van der Waals surface area (Å²) in [6, 6.07) is -1.28. The van der Waals surface area contributed by atoms with Crippen LogP contribution in [0, 0.1) is 0 Å². The van der Waals surface area contributed by atoms with Crippen molar-refractivity contribution >= 4 is 12.0 Å². The first-order valence-corrected chi connectivity index (χ1v) is 6.91. The summed E-state index contributed by atoms with van der Waals surface area (Å²) in [6.45, 7) is 2.10. The average Bonchev–Trinajstić information content (AvgIpc) is 2.72. The van der Waals surface area contributed by atoms with Gasteiger partial charge in [0.05, 0.1) is 6.10 Å². The number of carboxylic acids is 1. The highest BCUT2D eigenvalue weighted by Crippen LogP contribution is 2.28. The SMILES string of the molecule is CC1(NC(=O)N2CC(O)C[C@H]2C(=O)O)CCCCC1. The molecule has 2 amide bonds. The fraction of sp³-hybridized carbons (Fsp3) is 0.846. The molecule has 1 unspecified atom stereocenters. The molecule has 2 aliphatic rings. The maximum atomic E-state index is 12.2. The molecule has 0 spiro atoms. The summed E-state index contributed by atoms with van der Waals surface area (Å²) in [6.07, 6.45) is 4.57. The number of hydrogen-bond acceptors (Lipinski definition) is 3. The number of amides is 2. The number of β-amino-alcohol motifs (C(OH)–C–C–N with tert-alkyl or cyclic N) is 1. The van der Waals surface area contributed by atoms with Gasteiger partial charge in [0.1, 0.15) is 6.04 Å². The van der Waals surface area contributed by atoms with Crippen molar-refractivity contribution in [2.45, 2.75) is 63.1 Å². The lowest BCUT2D eigenvalue weighted by Gasteiger charge is -2.36. The molecule has 2 fully saturated rings. The average molecular weight is 270 g/mol. The van der Waals surface area contributed by atoms with Crippen LogP contribution in [0.5, 0.6) is 0 Å². The second-order valence-electron chi connectivity index (χ2n) is 5.95. The Morgan fingerprint density at radius 2 is 1.89 bits per heavy atom. The Hall–Kier alpha value is -1.30. The number of aliphatic hydroxyl groups excluding tert-OH is 1. The molecule has 0 aromatic heterocycles. The van der Waals surface area contributed by atoms with E-state index in [1.807, 2.05) is 6.92 Å². The van der Waals surface area contributed by atoms with Crippen LogP contribution in [-0.4, -0.2) is 51.3 Å². The van der Waals surface area contributed by atoms with Crippen LogP contribution in [-0.2, 0) is 4.79 Å². The Morgan fingerprint density at radius 1 is 1.26 bits per heavy atom. The number of rotatable bonds is 2. The van der Waals surface area contributed by atoms with Crippen LogP contribution in [0.3, 0.4) is 0 Å². The summed E-state index contributed by atoms with van der Waals surface area (Å²) in [5, 5.41) is 21.6. The fourth-order valence-electron chi connectivity index (χ4n) is 3.06. The fourth-order valence-corrected chi connectivity index (χ4v) is 3.06. The molecule has 2 atom stereocenters. The molecule has 6 nitrogen and oxygen atoms in total. The van der Waals surface area contributed by atoms with Crippen molar-refractivity contribution in [3.8, 4) is 0 Å². The number of aliphatic carboxylic acids is 1. The minimum atomic E-state index is -1.06. The predicted molar refractivity (Wildman–Crippen MR) is 68.8 cm³/mol. The third-order valence-corrected chi connectivity index (χ3v) is 4.19. The van der Waals surface area contributed by atoms with Crippen molar-refractivity contribution < 1.29 is 19.8 Å². The van der Waals surface area contributed by atoms with Crippen LogP contribution in [0.4, 0.5) is 4.79 Å². The van der Waals surface area contributed by atoms with Crippen LogP contribution in [0.15, 0.2) is 0 Å². The molecule has 1 aliphatic heterocycles. The Bertz CT molecular complexity index is 366. The van der Waals surface area contributed by atoms with Crippen LogP contribution >= 0.6 is 0 Å². The maximum absolute atomic E-state index is 12.2. The minimum absolute atomic E-state index is 0.0961. The Labute approximate surface area is 112 Å². The molecule has 0 radical (unpaired) electrons. The summed E-state index contributed by atoms with van der Waals surface area (Å²) in [5.41, 5.74) is -0.244. The number of carbonyl (C=O) groups is 2. The van der Waals surface area contributed by atoms with Gasteiger partial charge in [0.2, 0.25) is 0 Å². The highest BCUT2D eigenvalue weighted by atomic mass is 16.4. The standard InChI is InChI=1S/C13H22N2O4/c1-13(5-3-2-4-6-13)14-12(19)15-8-9(16)7-10(15)11(17)18/h9-10,16H,2-8H2,1H3,(H,14,19)(H,17,18)/t9?,10-/m0/s1. The second kappa shape index (κ2) is 5.36. The topological polar surface area (TPSA) is 89.9 Å². The minimum Gasteiger partial charge on any atom is -0.480 e. The number of nitrogens with zero attached hydrogens (tertiary/aromatic N) is 1. The van der Waals surface area contributed by atoms with E-state index < -0.39 is 18.1 Å². The Balaban J connectivity index is 2.00. The number of likely N-dealkylation sites (tertiary alicyclic amines) is 1. The zero-order valence-corrected chi connectivity index (χ0v) is 11.3. The molecule has 108 valence electrons. The van der Waals surface area contributed by atoms with Crippen molar-refractivity contribution in [2.24, 2.45) is 0 Å². The summed E-state index contributed by atoms with van der Waals surface area (Å²) in [5.74, 6) is -1.06. The van der Waals surface area contributed by atoms with E-state index in [-0.39, 0.29) is 24.5 Å². The maximum Gasteiger partial charge on any atom is 0.326 e. The summed E-state index contributed by atoms with van der Waals surface area (Å²) >= 11 is 0. The molecule has 3 N–H and O–H groups in total. The lowest BCUT2D eigenvalue weighted by atomic mass is 9.83. The van der Waals surface area contributed by atoms with Crippen LogP contribution in [0.25, 0.3) is 0 Å². The van der Waals surface area contributed by atoms with Gasteiger partial charge in [-0.05, 0) is 19.8 Å². The van der Waals surface area contributed by atoms with Crippen molar-refractivity contribution in [3.05, 3.63) is 0 Å². The number of urea groups is 1. The highest BCUT2D eigenvalue weighted by Gasteiger charge is 2.41. The van der Waals surface area contributed by atoms with Gasteiger partial charge in [0, 0.05) is 18.5 Å². The predicted octanol–water partition coefficient (Wildman–Crippen LogP) is 0.939. The molecule has 1 heterocycles. The zero-order valence-electron chi connectivity index (χ0n) is 11.3. The van der Waals surface area contributed by atoms with Gasteiger partial charge in [0.15, 0.2) is 0 Å². The van der Waals surface area contributed by atoms with Crippen molar-refractivity contribution in [1.29, 1.82) is 0 Å². The van der Waals surface area contributed by atoms with Gasteiger partial charge in [-0.15, -0.1) is 0 Å². The van der Waals surface area contributed by atoms with Crippen LogP contribution in [0.1, 0.15) is 45.4 Å². The molecule has 1 saturated carbocycles. The number of aliphatic hydroxyl groups is 1. The molecular weight excluding hydrogens is 248 g/mol. The van der Waals surface area contributed by atoms with Gasteiger partial charge in [-0.2, -0.15) is 0 Å². The smallest absolute Gasteiger partial charge is 0.326 e. The quantitative estimate of drug-likeness (QED) is 0.696. The second-order valence-corrected chi connectivity index (χ2v) is 5.95. The summed E-state index contributed by atoms with van der Waals surface area (Å²) < 4.78 is 0. The molecule has 0 bridgehead atoms. The van der Waals surface area contributed by atoms with Crippen molar-refractivity contribution in [3.63, 3.8) is 0 Å². The van der Waals surface area contributed by atoms with E-state index in [9.17, 15) is 14.7 Å². The molecule has 0 aromatic rings. The number of carbonyl (C=O) groups excluding carboxylic acids is 1. The molecular formula is C13H22N2O4. The molecule has 2 rings (SSSR count). The van der Waals surface area contributed by atoms with Gasteiger partial charge >= 0.3 is 12.0 Å². The third-order valence-electron chi connectivity index (χ3n) is 4.19. The lowest BCUT2D eigenvalue weighted by Crippen LogP contribution is -2.54. The first kappa shape index (κ1) is 14.1.